The number of benzene rings is 10. The Hall–Kier alpha value is -7.92. The molecule has 0 fully saturated rings. The third kappa shape index (κ3) is 5.05. The van der Waals surface area contributed by atoms with Crippen LogP contribution in [0.25, 0.3) is 64.7 Å². The lowest BCUT2D eigenvalue weighted by atomic mass is 9.42. The molecule has 1 spiro atoms. The molecule has 2 aliphatic carbocycles. The second-order valence-electron chi connectivity index (χ2n) is 21.3. The number of thiophene rings is 1. The van der Waals surface area contributed by atoms with Crippen LogP contribution in [0.4, 0.5) is 28.4 Å². The van der Waals surface area contributed by atoms with E-state index in [1.165, 1.54) is 143 Å². The molecule has 0 radical (unpaired) electrons. The van der Waals surface area contributed by atoms with Gasteiger partial charge in [-0.15, -0.1) is 11.3 Å². The molecule has 3 aliphatic heterocycles. The molecule has 11 aromatic rings. The molecule has 16 rings (SSSR count). The van der Waals surface area contributed by atoms with Crippen molar-refractivity contribution in [2.75, 3.05) is 9.71 Å². The van der Waals surface area contributed by atoms with Gasteiger partial charge >= 0.3 is 6.85 Å². The van der Waals surface area contributed by atoms with Crippen LogP contribution in [0.2, 0.25) is 0 Å². The summed E-state index contributed by atoms with van der Waals surface area (Å²) in [6.07, 6.45) is 3.38. The van der Waals surface area contributed by atoms with E-state index >= 15 is 0 Å². The summed E-state index contributed by atoms with van der Waals surface area (Å²) >= 11 is 1.97. The molecule has 0 saturated carbocycles. The molecule has 1 aromatic heterocycles. The van der Waals surface area contributed by atoms with Gasteiger partial charge in [-0.3, -0.25) is 0 Å². The highest BCUT2D eigenvalue weighted by Crippen LogP contribution is 2.66. The molecule has 340 valence electrons. The molecule has 4 heteroatoms. The molecule has 2 nitrogen and oxygen atoms in total. The van der Waals surface area contributed by atoms with Gasteiger partial charge in [0.2, 0.25) is 0 Å². The van der Waals surface area contributed by atoms with Crippen LogP contribution < -0.4 is 20.6 Å². The zero-order valence-corrected chi connectivity index (χ0v) is 41.4. The highest BCUT2D eigenvalue weighted by atomic mass is 32.1. The van der Waals surface area contributed by atoms with Crippen molar-refractivity contribution < 1.29 is 0 Å². The normalized spacial score (nSPS) is 15.2. The van der Waals surface area contributed by atoms with Crippen molar-refractivity contribution in [3.63, 3.8) is 0 Å². The summed E-state index contributed by atoms with van der Waals surface area (Å²) in [5.41, 5.74) is 28.4. The van der Waals surface area contributed by atoms with Gasteiger partial charge in [0.25, 0.3) is 0 Å². The monoisotopic (exact) mass is 936 g/mol. The molecule has 0 N–H and O–H groups in total. The first kappa shape index (κ1) is 40.8. The van der Waals surface area contributed by atoms with E-state index in [-0.39, 0.29) is 12.3 Å². The Morgan fingerprint density at radius 1 is 0.472 bits per heavy atom. The second-order valence-corrected chi connectivity index (χ2v) is 22.3. The van der Waals surface area contributed by atoms with Gasteiger partial charge in [-0.1, -0.05) is 197 Å². The molecular formula is C68H49BN2S. The first-order valence-corrected chi connectivity index (χ1v) is 26.8. The van der Waals surface area contributed by atoms with Gasteiger partial charge in [0.1, 0.15) is 0 Å². The van der Waals surface area contributed by atoms with Gasteiger partial charge in [0, 0.05) is 65.0 Å². The minimum Gasteiger partial charge on any atom is -0.376 e. The first-order chi connectivity index (χ1) is 35.5. The molecule has 5 aliphatic rings. The van der Waals surface area contributed by atoms with Gasteiger partial charge in [-0.25, -0.2) is 0 Å². The average Bonchev–Trinajstić information content (AvgIpc) is 4.03. The van der Waals surface area contributed by atoms with Crippen molar-refractivity contribution in [2.45, 2.75) is 50.9 Å². The van der Waals surface area contributed by atoms with Crippen LogP contribution in [0, 0.1) is 0 Å². The number of nitrogens with zero attached hydrogens (tertiary/aromatic N) is 2. The van der Waals surface area contributed by atoms with Crippen molar-refractivity contribution in [3.05, 3.63) is 245 Å². The maximum absolute atomic E-state index is 2.81. The predicted octanol–water partition coefficient (Wildman–Crippen LogP) is 16.8. The lowest BCUT2D eigenvalue weighted by Crippen LogP contribution is -2.63. The van der Waals surface area contributed by atoms with Gasteiger partial charge in [0.05, 0.1) is 11.1 Å². The van der Waals surface area contributed by atoms with Crippen molar-refractivity contribution >= 4 is 77.7 Å². The van der Waals surface area contributed by atoms with Gasteiger partial charge in [-0.05, 0) is 127 Å². The van der Waals surface area contributed by atoms with Gasteiger partial charge in [-0.2, -0.15) is 0 Å². The summed E-state index contributed by atoms with van der Waals surface area (Å²) < 4.78 is 2.68. The lowest BCUT2D eigenvalue weighted by molar-refractivity contribution is 0.660. The highest BCUT2D eigenvalue weighted by molar-refractivity contribution is 7.26. The molecule has 10 aromatic carbocycles. The number of fused-ring (bicyclic) bond motifs is 20. The Kier molecular flexibility index (Phi) is 8.26. The molecule has 0 saturated heterocycles. The van der Waals surface area contributed by atoms with Crippen LogP contribution in [0.15, 0.2) is 206 Å². The SMILES string of the molecule is CCCCc1ccc(N2c3cc4c(cc3B3c5c2cc2c(sc6ccccc62)c5-c2cccc5c2N3c2ccccc2C52c3ccccc3-c3ccccc32)-c2ccccc2C4(C)C)c(-c2ccccc2)c1. The summed E-state index contributed by atoms with van der Waals surface area (Å²) in [4.78, 5) is 5.51. The zero-order valence-electron chi connectivity index (χ0n) is 40.6. The number of anilines is 5. The molecule has 0 bridgehead atoms. The maximum Gasteiger partial charge on any atom is 0.333 e. The standard InChI is InChI=1S/C68H49BN2S/c1-4-5-20-41-35-36-58(48(37-41)42-21-7-6-8-22-42)70-60-40-56-49(45-25-9-13-28-51(45)67(56,2)3)38-57(60)69-64-61(70)39-50-46-26-12-18-34-62(46)72-66(50)63(64)47-27-19-32-55-65(47)71(69)59-33-17-16-31-54(59)68(55)52-29-14-10-23-43(52)44-24-11-15-30-53(44)68/h6-19,21-40H,4-5,20H2,1-3H3. The van der Waals surface area contributed by atoms with E-state index in [0.717, 1.165) is 19.3 Å². The van der Waals surface area contributed by atoms with Crippen molar-refractivity contribution in [3.8, 4) is 44.5 Å². The molecule has 0 unspecified atom stereocenters. The average molecular weight is 937 g/mol. The van der Waals surface area contributed by atoms with Crippen molar-refractivity contribution in [1.82, 2.24) is 0 Å². The van der Waals surface area contributed by atoms with Crippen molar-refractivity contribution in [1.29, 1.82) is 0 Å². The van der Waals surface area contributed by atoms with Gasteiger partial charge < -0.3 is 9.71 Å². The molecule has 4 heterocycles. The van der Waals surface area contributed by atoms with Crippen LogP contribution in [-0.2, 0) is 17.3 Å². The van der Waals surface area contributed by atoms with Crippen LogP contribution >= 0.6 is 11.3 Å². The summed E-state index contributed by atoms with van der Waals surface area (Å²) in [5.74, 6) is 0. The van der Waals surface area contributed by atoms with E-state index in [9.17, 15) is 0 Å². The largest absolute Gasteiger partial charge is 0.376 e. The van der Waals surface area contributed by atoms with Crippen LogP contribution in [0.1, 0.15) is 72.6 Å². The summed E-state index contributed by atoms with van der Waals surface area (Å²) in [7, 11) is 0. The van der Waals surface area contributed by atoms with E-state index in [1.54, 1.807) is 0 Å². The van der Waals surface area contributed by atoms with E-state index in [2.05, 4.69) is 237 Å². The molecular weight excluding hydrogens is 888 g/mol. The summed E-state index contributed by atoms with van der Waals surface area (Å²) in [6.45, 7) is 7.03. The number of rotatable bonds is 5. The van der Waals surface area contributed by atoms with Crippen LogP contribution in [-0.4, -0.2) is 6.85 Å². The van der Waals surface area contributed by atoms with E-state index < -0.39 is 5.41 Å². The molecule has 72 heavy (non-hydrogen) atoms. The van der Waals surface area contributed by atoms with Crippen LogP contribution in [0.3, 0.4) is 0 Å². The number of aryl methyl sites for hydroxylation is 1. The number of hydrogen-bond donors (Lipinski definition) is 0. The highest BCUT2D eigenvalue weighted by Gasteiger charge is 2.57. The number of para-hydroxylation sites is 2. The Bertz CT molecular complexity index is 4120. The molecule has 0 atom stereocenters. The van der Waals surface area contributed by atoms with Crippen LogP contribution in [0.5, 0.6) is 0 Å². The Morgan fingerprint density at radius 2 is 1.12 bits per heavy atom. The second kappa shape index (κ2) is 14.6. The minimum absolute atomic E-state index is 0.139. The fraction of sp³-hybridized carbons (Fsp3) is 0.118. The quantitative estimate of drug-likeness (QED) is 0.159. The van der Waals surface area contributed by atoms with Crippen molar-refractivity contribution in [2.24, 2.45) is 0 Å². The summed E-state index contributed by atoms with van der Waals surface area (Å²) in [5, 5.41) is 2.63. The number of hydrogen-bond acceptors (Lipinski definition) is 3. The Labute approximate surface area is 425 Å². The zero-order chi connectivity index (χ0) is 47.6. The van der Waals surface area contributed by atoms with E-state index in [0.29, 0.717) is 0 Å². The van der Waals surface area contributed by atoms with E-state index in [4.69, 9.17) is 0 Å². The predicted molar refractivity (Wildman–Crippen MR) is 306 cm³/mol. The Balaban J connectivity index is 1.09. The lowest BCUT2D eigenvalue weighted by Gasteiger charge is -2.52. The van der Waals surface area contributed by atoms with E-state index in [1.807, 2.05) is 11.3 Å². The fourth-order valence-electron chi connectivity index (χ4n) is 14.4. The Morgan fingerprint density at radius 3 is 1.90 bits per heavy atom. The fourth-order valence-corrected chi connectivity index (χ4v) is 15.6. The summed E-state index contributed by atoms with van der Waals surface area (Å²) in [6, 6.07) is 79.9. The topological polar surface area (TPSA) is 6.48 Å². The maximum atomic E-state index is 2.81. The third-order valence-electron chi connectivity index (χ3n) is 17.4. The minimum atomic E-state index is -0.519. The van der Waals surface area contributed by atoms with Gasteiger partial charge in [0.15, 0.2) is 0 Å². The number of unbranched alkanes of at least 4 members (excludes halogenated alkanes) is 1. The first-order valence-electron chi connectivity index (χ1n) is 25.9. The smallest absolute Gasteiger partial charge is 0.333 e. The molecule has 0 amide bonds. The third-order valence-corrected chi connectivity index (χ3v) is 18.6.